The van der Waals surface area contributed by atoms with Gasteiger partial charge in [0.05, 0.1) is 12.8 Å². The van der Waals surface area contributed by atoms with Crippen molar-refractivity contribution in [3.05, 3.63) is 83.2 Å². The molecular formula is C21H22N2O2. The molecule has 0 atom stereocenters. The van der Waals surface area contributed by atoms with Crippen molar-refractivity contribution in [1.29, 1.82) is 0 Å². The van der Waals surface area contributed by atoms with Crippen molar-refractivity contribution in [2.24, 2.45) is 0 Å². The monoisotopic (exact) mass is 334 g/mol. The third-order valence-corrected chi connectivity index (χ3v) is 5.23. The summed E-state index contributed by atoms with van der Waals surface area (Å²) in [5.41, 5.74) is 0.277. The van der Waals surface area contributed by atoms with Crippen molar-refractivity contribution in [3.8, 4) is 0 Å². The number of benzene rings is 2. The minimum Gasteiger partial charge on any atom is -0.351 e. The van der Waals surface area contributed by atoms with Gasteiger partial charge in [-0.3, -0.25) is 9.64 Å². The minimum absolute atomic E-state index is 0.0954. The molecule has 0 bridgehead atoms. The Labute approximate surface area is 148 Å². The van der Waals surface area contributed by atoms with Gasteiger partial charge in [0.2, 0.25) is 0 Å². The first-order valence-electron chi connectivity index (χ1n) is 8.57. The smallest absolute Gasteiger partial charge is 0.334 e. The topological polar surface area (TPSA) is 53.7 Å². The Kier molecular flexibility index (Phi) is 4.87. The lowest BCUT2D eigenvalue weighted by atomic mass is 9.67. The highest BCUT2D eigenvalue weighted by molar-refractivity contribution is 5.94. The predicted molar refractivity (Wildman–Crippen MR) is 96.9 cm³/mol. The molecule has 1 saturated carbocycles. The summed E-state index contributed by atoms with van der Waals surface area (Å²) in [6, 6.07) is 19.3. The molecule has 4 nitrogen and oxygen atoms in total. The second-order valence-electron chi connectivity index (χ2n) is 6.79. The highest BCUT2D eigenvalue weighted by Crippen LogP contribution is 2.43. The second kappa shape index (κ2) is 7.08. The third kappa shape index (κ3) is 3.72. The van der Waals surface area contributed by atoms with E-state index in [2.05, 4.69) is 22.3 Å². The van der Waals surface area contributed by atoms with Crippen molar-refractivity contribution >= 4 is 5.91 Å². The average Bonchev–Trinajstić information content (AvgIpc) is 2.69. The minimum atomic E-state index is -1.26. The zero-order valence-electron chi connectivity index (χ0n) is 14.1. The first kappa shape index (κ1) is 17.2. The number of carbonyl (C=O) groups excluding carboxylic acids is 1. The van der Waals surface area contributed by atoms with E-state index in [1.165, 1.54) is 0 Å². The number of nitrogens with zero attached hydrogens (tertiary/aromatic N) is 1. The van der Waals surface area contributed by atoms with Gasteiger partial charge in [-0.1, -0.05) is 48.5 Å². The van der Waals surface area contributed by atoms with Crippen molar-refractivity contribution in [2.45, 2.75) is 36.8 Å². The van der Waals surface area contributed by atoms with E-state index in [0.29, 0.717) is 37.8 Å². The van der Waals surface area contributed by atoms with Gasteiger partial charge in [0, 0.05) is 17.5 Å². The zero-order chi connectivity index (χ0) is 17.8. The number of amides is 1. The summed E-state index contributed by atoms with van der Waals surface area (Å²) < 4.78 is 0. The normalized spacial score (nSPS) is 25.8. The summed E-state index contributed by atoms with van der Waals surface area (Å²) in [6.45, 7) is 7.71. The Bertz CT molecular complexity index is 757. The quantitative estimate of drug-likeness (QED) is 0.840. The lowest BCUT2D eigenvalue weighted by molar-refractivity contribution is 0.0236. The van der Waals surface area contributed by atoms with E-state index in [4.69, 9.17) is 6.57 Å². The maximum Gasteiger partial charge on any atom is 0.334 e. The van der Waals surface area contributed by atoms with Crippen molar-refractivity contribution in [2.75, 3.05) is 6.54 Å². The standard InChI is InChI=1S/C21H22N2O2/c1-22-21(25)14-12-20(13-15-21,18-10-6-3-7-11-18)16-23-19(24)17-8-4-2-5-9-17/h2-11,25H,12-16H2,(H,23,24). The van der Waals surface area contributed by atoms with Crippen LogP contribution in [0.15, 0.2) is 60.7 Å². The molecule has 0 spiro atoms. The highest BCUT2D eigenvalue weighted by atomic mass is 16.3. The van der Waals surface area contributed by atoms with Crippen LogP contribution in [0.2, 0.25) is 0 Å². The van der Waals surface area contributed by atoms with Crippen molar-refractivity contribution in [1.82, 2.24) is 5.32 Å². The SMILES string of the molecule is [C-]#[N+]C1(O)CCC(CNC(=O)c2ccccc2)(c2ccccc2)CC1. The van der Waals surface area contributed by atoms with E-state index < -0.39 is 5.72 Å². The van der Waals surface area contributed by atoms with Gasteiger partial charge in [-0.25, -0.2) is 6.57 Å². The van der Waals surface area contributed by atoms with Gasteiger partial charge in [0.1, 0.15) is 0 Å². The van der Waals surface area contributed by atoms with E-state index in [1.54, 1.807) is 12.1 Å². The molecule has 3 rings (SSSR count). The molecule has 0 aromatic heterocycles. The Morgan fingerprint density at radius 3 is 2.12 bits per heavy atom. The van der Waals surface area contributed by atoms with Crippen LogP contribution in [0, 0.1) is 6.57 Å². The zero-order valence-corrected chi connectivity index (χ0v) is 14.1. The summed E-state index contributed by atoms with van der Waals surface area (Å²) in [7, 11) is 0. The Hall–Kier alpha value is -2.64. The van der Waals surface area contributed by atoms with Crippen LogP contribution in [0.3, 0.4) is 0 Å². The average molecular weight is 334 g/mol. The van der Waals surface area contributed by atoms with Gasteiger partial charge in [-0.05, 0) is 30.5 Å². The van der Waals surface area contributed by atoms with E-state index in [-0.39, 0.29) is 11.3 Å². The molecule has 2 aromatic carbocycles. The number of rotatable bonds is 4. The van der Waals surface area contributed by atoms with Gasteiger partial charge in [0.15, 0.2) is 0 Å². The number of hydrogen-bond acceptors (Lipinski definition) is 2. The summed E-state index contributed by atoms with van der Waals surface area (Å²) in [5, 5.41) is 13.3. The summed E-state index contributed by atoms with van der Waals surface area (Å²) in [4.78, 5) is 15.8. The van der Waals surface area contributed by atoms with Crippen molar-refractivity contribution in [3.63, 3.8) is 0 Å². The Morgan fingerprint density at radius 1 is 1.00 bits per heavy atom. The molecule has 1 amide bonds. The number of aliphatic hydroxyl groups is 1. The maximum absolute atomic E-state index is 12.4. The fourth-order valence-electron chi connectivity index (χ4n) is 3.54. The van der Waals surface area contributed by atoms with Crippen molar-refractivity contribution < 1.29 is 9.90 Å². The molecule has 1 aliphatic rings. The van der Waals surface area contributed by atoms with E-state index in [0.717, 1.165) is 5.56 Å². The summed E-state index contributed by atoms with van der Waals surface area (Å²) >= 11 is 0. The van der Waals surface area contributed by atoms with E-state index in [9.17, 15) is 9.90 Å². The molecule has 0 aliphatic heterocycles. The third-order valence-electron chi connectivity index (χ3n) is 5.23. The predicted octanol–water partition coefficient (Wildman–Crippen LogP) is 3.54. The molecule has 0 heterocycles. The molecule has 0 radical (unpaired) electrons. The Balaban J connectivity index is 1.79. The fourth-order valence-corrected chi connectivity index (χ4v) is 3.54. The second-order valence-corrected chi connectivity index (χ2v) is 6.79. The molecule has 1 aliphatic carbocycles. The van der Waals surface area contributed by atoms with Crippen LogP contribution in [0.25, 0.3) is 4.85 Å². The lowest BCUT2D eigenvalue weighted by Gasteiger charge is -2.40. The molecular weight excluding hydrogens is 312 g/mol. The fraction of sp³-hybridized carbons (Fsp3) is 0.333. The van der Waals surface area contributed by atoms with Gasteiger partial charge in [-0.2, -0.15) is 0 Å². The summed E-state index contributed by atoms with van der Waals surface area (Å²) in [6.07, 6.45) is 2.19. The van der Waals surface area contributed by atoms with Gasteiger partial charge in [-0.15, -0.1) is 0 Å². The van der Waals surface area contributed by atoms with Gasteiger partial charge in [0.25, 0.3) is 5.91 Å². The van der Waals surface area contributed by atoms with Gasteiger partial charge < -0.3 is 10.4 Å². The van der Waals surface area contributed by atoms with E-state index >= 15 is 0 Å². The van der Waals surface area contributed by atoms with Crippen LogP contribution in [-0.2, 0) is 5.41 Å². The number of carbonyl (C=O) groups is 1. The van der Waals surface area contributed by atoms with E-state index in [1.807, 2.05) is 36.4 Å². The van der Waals surface area contributed by atoms with Crippen LogP contribution in [0.4, 0.5) is 0 Å². The molecule has 2 aromatic rings. The maximum atomic E-state index is 12.4. The van der Waals surface area contributed by atoms with Crippen LogP contribution in [0.5, 0.6) is 0 Å². The molecule has 0 saturated heterocycles. The van der Waals surface area contributed by atoms with Crippen LogP contribution >= 0.6 is 0 Å². The highest BCUT2D eigenvalue weighted by Gasteiger charge is 2.46. The van der Waals surface area contributed by atoms with Crippen LogP contribution in [0.1, 0.15) is 41.6 Å². The number of nitrogens with one attached hydrogen (secondary N) is 1. The lowest BCUT2D eigenvalue weighted by Crippen LogP contribution is -2.46. The first-order chi connectivity index (χ1) is 12.1. The largest absolute Gasteiger partial charge is 0.351 e. The first-order valence-corrected chi connectivity index (χ1v) is 8.57. The molecule has 0 unspecified atom stereocenters. The summed E-state index contributed by atoms with van der Waals surface area (Å²) in [5.74, 6) is -0.0954. The number of hydrogen-bond donors (Lipinski definition) is 2. The molecule has 4 heteroatoms. The van der Waals surface area contributed by atoms with Crippen LogP contribution in [-0.4, -0.2) is 23.3 Å². The Morgan fingerprint density at radius 2 is 1.56 bits per heavy atom. The van der Waals surface area contributed by atoms with Crippen LogP contribution < -0.4 is 5.32 Å². The van der Waals surface area contributed by atoms with Gasteiger partial charge >= 0.3 is 5.72 Å². The molecule has 25 heavy (non-hydrogen) atoms. The molecule has 1 fully saturated rings. The molecule has 2 N–H and O–H groups in total. The molecule has 128 valence electrons.